The summed E-state index contributed by atoms with van der Waals surface area (Å²) in [5, 5.41) is 2.00. The van der Waals surface area contributed by atoms with Crippen molar-refractivity contribution in [1.29, 1.82) is 0 Å². The molecule has 5 heteroatoms. The van der Waals surface area contributed by atoms with Crippen LogP contribution in [0.3, 0.4) is 0 Å². The van der Waals surface area contributed by atoms with Crippen LogP contribution in [0.25, 0.3) is 0 Å². The molecule has 1 heterocycles. The Balaban J connectivity index is 2.76. The fourth-order valence-corrected chi connectivity index (χ4v) is 2.00. The molecule has 0 saturated carbocycles. The molecule has 4 amide bonds. The largest absolute Gasteiger partial charge is 0.331 e. The van der Waals surface area contributed by atoms with E-state index < -0.39 is 17.8 Å². The first kappa shape index (κ1) is 12.7. The van der Waals surface area contributed by atoms with Gasteiger partial charge in [-0.1, -0.05) is 27.7 Å². The lowest BCUT2D eigenvalue weighted by Crippen LogP contribution is -2.38. The molecule has 0 aliphatic carbocycles. The van der Waals surface area contributed by atoms with Crippen LogP contribution in [0.4, 0.5) is 4.79 Å². The average molecular weight is 226 g/mol. The SMILES string of the molecule is CC(C)C(CN1C(=O)NC(=O)C1=O)C(C)C. The molecule has 5 nitrogen and oxygen atoms in total. The number of urea groups is 1. The second kappa shape index (κ2) is 4.63. The van der Waals surface area contributed by atoms with E-state index in [1.807, 2.05) is 33.0 Å². The van der Waals surface area contributed by atoms with Crippen molar-refractivity contribution in [2.45, 2.75) is 27.7 Å². The molecule has 0 unspecified atom stereocenters. The number of amides is 4. The van der Waals surface area contributed by atoms with Gasteiger partial charge in [-0.3, -0.25) is 19.8 Å². The number of carbonyl (C=O) groups is 3. The average Bonchev–Trinajstić information content (AvgIpc) is 2.38. The van der Waals surface area contributed by atoms with E-state index in [1.54, 1.807) is 0 Å². The highest BCUT2D eigenvalue weighted by molar-refractivity contribution is 6.44. The van der Waals surface area contributed by atoms with E-state index in [1.165, 1.54) is 0 Å². The van der Waals surface area contributed by atoms with Crippen LogP contribution in [0.1, 0.15) is 27.7 Å². The van der Waals surface area contributed by atoms with E-state index in [9.17, 15) is 14.4 Å². The summed E-state index contributed by atoms with van der Waals surface area (Å²) >= 11 is 0. The standard InChI is InChI=1S/C11H18N2O3/c1-6(2)8(7(3)4)5-13-10(15)9(14)12-11(13)16/h6-8H,5H2,1-4H3,(H,12,14,16). The smallest absolute Gasteiger partial charge is 0.269 e. The van der Waals surface area contributed by atoms with E-state index >= 15 is 0 Å². The van der Waals surface area contributed by atoms with Gasteiger partial charge in [0.1, 0.15) is 0 Å². The lowest BCUT2D eigenvalue weighted by Gasteiger charge is -2.27. The van der Waals surface area contributed by atoms with Crippen molar-refractivity contribution in [1.82, 2.24) is 10.2 Å². The van der Waals surface area contributed by atoms with Crippen molar-refractivity contribution in [3.63, 3.8) is 0 Å². The highest BCUT2D eigenvalue weighted by Gasteiger charge is 2.38. The number of nitrogens with one attached hydrogen (secondary N) is 1. The van der Waals surface area contributed by atoms with E-state index in [0.29, 0.717) is 18.4 Å². The zero-order chi connectivity index (χ0) is 12.5. The highest BCUT2D eigenvalue weighted by Crippen LogP contribution is 2.22. The molecule has 0 bridgehead atoms. The topological polar surface area (TPSA) is 66.5 Å². The van der Waals surface area contributed by atoms with E-state index in [0.717, 1.165) is 4.90 Å². The number of carbonyl (C=O) groups excluding carboxylic acids is 3. The number of rotatable bonds is 4. The summed E-state index contributed by atoms with van der Waals surface area (Å²) in [5.74, 6) is -0.638. The maximum atomic E-state index is 11.4. The molecular formula is C11H18N2O3. The molecule has 1 fully saturated rings. The maximum Gasteiger partial charge on any atom is 0.331 e. The van der Waals surface area contributed by atoms with E-state index in [4.69, 9.17) is 0 Å². The Morgan fingerprint density at radius 2 is 1.56 bits per heavy atom. The van der Waals surface area contributed by atoms with Crippen LogP contribution in [0, 0.1) is 17.8 Å². The molecule has 0 aromatic carbocycles. The molecule has 90 valence electrons. The first-order valence-electron chi connectivity index (χ1n) is 5.51. The van der Waals surface area contributed by atoms with Crippen LogP contribution in [-0.2, 0) is 9.59 Å². The lowest BCUT2D eigenvalue weighted by atomic mass is 9.85. The zero-order valence-electron chi connectivity index (χ0n) is 10.1. The lowest BCUT2D eigenvalue weighted by molar-refractivity contribution is -0.140. The molecule has 1 aliphatic rings. The van der Waals surface area contributed by atoms with Crippen LogP contribution >= 0.6 is 0 Å². The summed E-state index contributed by atoms with van der Waals surface area (Å²) < 4.78 is 0. The number of nitrogens with zero attached hydrogens (tertiary/aromatic N) is 1. The van der Waals surface area contributed by atoms with Crippen LogP contribution < -0.4 is 5.32 Å². The molecule has 1 aliphatic heterocycles. The molecule has 0 atom stereocenters. The fraction of sp³-hybridized carbons (Fsp3) is 0.727. The van der Waals surface area contributed by atoms with Crippen molar-refractivity contribution in [3.8, 4) is 0 Å². The molecule has 16 heavy (non-hydrogen) atoms. The number of hydrogen-bond acceptors (Lipinski definition) is 3. The van der Waals surface area contributed by atoms with Crippen molar-refractivity contribution < 1.29 is 14.4 Å². The van der Waals surface area contributed by atoms with Gasteiger partial charge in [0.05, 0.1) is 0 Å². The van der Waals surface area contributed by atoms with Crippen molar-refractivity contribution >= 4 is 17.8 Å². The second-order valence-corrected chi connectivity index (χ2v) is 4.83. The first-order chi connectivity index (χ1) is 7.34. The summed E-state index contributed by atoms with van der Waals surface area (Å²) in [6.45, 7) is 8.50. The third kappa shape index (κ3) is 2.40. The summed E-state index contributed by atoms with van der Waals surface area (Å²) in [6.07, 6.45) is 0. The quantitative estimate of drug-likeness (QED) is 0.574. The Hall–Kier alpha value is -1.39. The molecule has 0 spiro atoms. The normalized spacial score (nSPS) is 16.9. The Labute approximate surface area is 95.2 Å². The minimum atomic E-state index is -0.823. The molecule has 0 aromatic heterocycles. The van der Waals surface area contributed by atoms with Gasteiger partial charge in [0, 0.05) is 6.54 Å². The minimum absolute atomic E-state index is 0.209. The van der Waals surface area contributed by atoms with Gasteiger partial charge in [0.25, 0.3) is 0 Å². The fourth-order valence-electron chi connectivity index (χ4n) is 2.00. The summed E-state index contributed by atoms with van der Waals surface area (Å²) in [7, 11) is 0. The minimum Gasteiger partial charge on any atom is -0.269 e. The number of hydrogen-bond donors (Lipinski definition) is 1. The molecule has 1 rings (SSSR count). The summed E-state index contributed by atoms with van der Waals surface area (Å²) in [5.41, 5.74) is 0. The summed E-state index contributed by atoms with van der Waals surface area (Å²) in [6, 6.07) is -0.596. The molecule has 0 radical (unpaired) electrons. The molecular weight excluding hydrogens is 208 g/mol. The molecule has 1 saturated heterocycles. The Morgan fingerprint density at radius 3 is 1.88 bits per heavy atom. The van der Waals surface area contributed by atoms with Gasteiger partial charge in [-0.25, -0.2) is 4.79 Å². The van der Waals surface area contributed by atoms with Crippen LogP contribution in [0.2, 0.25) is 0 Å². The third-order valence-corrected chi connectivity index (χ3v) is 3.01. The maximum absolute atomic E-state index is 11.4. The van der Waals surface area contributed by atoms with Gasteiger partial charge in [0.2, 0.25) is 0 Å². The van der Waals surface area contributed by atoms with E-state index in [-0.39, 0.29) is 5.92 Å². The van der Waals surface area contributed by atoms with Gasteiger partial charge in [0.15, 0.2) is 0 Å². The molecule has 0 aromatic rings. The molecule has 1 N–H and O–H groups in total. The van der Waals surface area contributed by atoms with Crippen LogP contribution in [0.15, 0.2) is 0 Å². The Morgan fingerprint density at radius 1 is 1.06 bits per heavy atom. The number of imide groups is 2. The van der Waals surface area contributed by atoms with E-state index in [2.05, 4.69) is 0 Å². The van der Waals surface area contributed by atoms with Crippen LogP contribution in [-0.4, -0.2) is 29.3 Å². The van der Waals surface area contributed by atoms with Crippen molar-refractivity contribution in [2.24, 2.45) is 17.8 Å². The monoisotopic (exact) mass is 226 g/mol. The highest BCUT2D eigenvalue weighted by atomic mass is 16.2. The van der Waals surface area contributed by atoms with Gasteiger partial charge in [-0.2, -0.15) is 0 Å². The van der Waals surface area contributed by atoms with Crippen molar-refractivity contribution in [2.75, 3.05) is 6.54 Å². The Kier molecular flexibility index (Phi) is 3.67. The zero-order valence-corrected chi connectivity index (χ0v) is 10.1. The van der Waals surface area contributed by atoms with Gasteiger partial charge >= 0.3 is 17.8 Å². The third-order valence-electron chi connectivity index (χ3n) is 3.01. The van der Waals surface area contributed by atoms with Crippen molar-refractivity contribution in [3.05, 3.63) is 0 Å². The van der Waals surface area contributed by atoms with Crippen LogP contribution in [0.5, 0.6) is 0 Å². The Bertz CT molecular complexity index is 315. The predicted molar refractivity (Wildman–Crippen MR) is 58.4 cm³/mol. The first-order valence-corrected chi connectivity index (χ1v) is 5.51. The second-order valence-electron chi connectivity index (χ2n) is 4.83. The van der Waals surface area contributed by atoms with Gasteiger partial charge < -0.3 is 0 Å². The summed E-state index contributed by atoms with van der Waals surface area (Å²) in [4.78, 5) is 34.7. The van der Waals surface area contributed by atoms with Gasteiger partial charge in [-0.15, -0.1) is 0 Å². The predicted octanol–water partition coefficient (Wildman–Crippen LogP) is 0.993. The van der Waals surface area contributed by atoms with Gasteiger partial charge in [-0.05, 0) is 17.8 Å².